The van der Waals surface area contributed by atoms with Gasteiger partial charge in [-0.15, -0.1) is 0 Å². The number of methoxy groups -OCH3 is 1. The number of benzene rings is 1. The Morgan fingerprint density at radius 1 is 1.54 bits per heavy atom. The van der Waals surface area contributed by atoms with E-state index in [2.05, 4.69) is 5.10 Å². The van der Waals surface area contributed by atoms with Crippen LogP contribution in [0.4, 0.5) is 0 Å². The first-order chi connectivity index (χ1) is 6.19. The second-order valence-corrected chi connectivity index (χ2v) is 2.60. The van der Waals surface area contributed by atoms with Gasteiger partial charge in [0.25, 0.3) is 0 Å². The molecular weight excluding hydrogens is 168 g/mol. The van der Waals surface area contributed by atoms with Gasteiger partial charge >= 0.3 is 0 Å². The van der Waals surface area contributed by atoms with Crippen LogP contribution in [0, 0.1) is 0 Å². The average molecular weight is 180 g/mol. The second-order valence-electron chi connectivity index (χ2n) is 2.60. The molecular formula is C9H12N2O2. The van der Waals surface area contributed by atoms with Crippen LogP contribution in [-0.4, -0.2) is 17.9 Å². The van der Waals surface area contributed by atoms with E-state index in [0.717, 1.165) is 0 Å². The standard InChI is InChI=1S/C9H12N2O2/c1-6(11-10)8-4-3-7(13-2)5-9(8)12/h3-5,12H,10H2,1-2H3. The summed E-state index contributed by atoms with van der Waals surface area (Å²) < 4.78 is 4.93. The maximum Gasteiger partial charge on any atom is 0.128 e. The molecule has 0 aliphatic rings. The highest BCUT2D eigenvalue weighted by atomic mass is 16.5. The number of phenols is 1. The van der Waals surface area contributed by atoms with Crippen molar-refractivity contribution in [3.8, 4) is 11.5 Å². The molecule has 0 atom stereocenters. The molecule has 0 aliphatic carbocycles. The van der Waals surface area contributed by atoms with E-state index in [1.54, 1.807) is 26.2 Å². The summed E-state index contributed by atoms with van der Waals surface area (Å²) >= 11 is 0. The predicted octanol–water partition coefficient (Wildman–Crippen LogP) is 1.08. The molecule has 0 amide bonds. The summed E-state index contributed by atoms with van der Waals surface area (Å²) in [5.74, 6) is 5.81. The molecule has 0 saturated heterocycles. The van der Waals surface area contributed by atoms with Crippen LogP contribution in [0.2, 0.25) is 0 Å². The fourth-order valence-electron chi connectivity index (χ4n) is 1.01. The maximum absolute atomic E-state index is 9.51. The topological polar surface area (TPSA) is 67.8 Å². The zero-order chi connectivity index (χ0) is 9.84. The van der Waals surface area contributed by atoms with Gasteiger partial charge in [-0.2, -0.15) is 5.10 Å². The highest BCUT2D eigenvalue weighted by Crippen LogP contribution is 2.23. The molecule has 4 nitrogen and oxygen atoms in total. The number of ether oxygens (including phenoxy) is 1. The monoisotopic (exact) mass is 180 g/mol. The molecule has 0 heterocycles. The number of aromatic hydroxyl groups is 1. The van der Waals surface area contributed by atoms with Gasteiger partial charge in [0.1, 0.15) is 11.5 Å². The van der Waals surface area contributed by atoms with E-state index < -0.39 is 0 Å². The minimum atomic E-state index is 0.117. The molecule has 1 aromatic rings. The Bertz CT molecular complexity index is 334. The molecule has 0 saturated carbocycles. The molecule has 3 N–H and O–H groups in total. The molecule has 4 heteroatoms. The quantitative estimate of drug-likeness (QED) is 0.406. The minimum absolute atomic E-state index is 0.117. The molecule has 0 spiro atoms. The Morgan fingerprint density at radius 3 is 2.69 bits per heavy atom. The summed E-state index contributed by atoms with van der Waals surface area (Å²) in [4.78, 5) is 0. The summed E-state index contributed by atoms with van der Waals surface area (Å²) in [6, 6.07) is 4.97. The number of phenolic OH excluding ortho intramolecular Hbond substituents is 1. The van der Waals surface area contributed by atoms with Crippen molar-refractivity contribution < 1.29 is 9.84 Å². The predicted molar refractivity (Wildman–Crippen MR) is 51.1 cm³/mol. The number of hydrogen-bond donors (Lipinski definition) is 2. The first kappa shape index (κ1) is 9.38. The van der Waals surface area contributed by atoms with E-state index in [1.165, 1.54) is 6.07 Å². The lowest BCUT2D eigenvalue weighted by Gasteiger charge is -2.05. The number of hydrogen-bond acceptors (Lipinski definition) is 4. The van der Waals surface area contributed by atoms with Gasteiger partial charge < -0.3 is 15.7 Å². The van der Waals surface area contributed by atoms with E-state index in [-0.39, 0.29) is 5.75 Å². The van der Waals surface area contributed by atoms with Crippen LogP contribution in [-0.2, 0) is 0 Å². The summed E-state index contributed by atoms with van der Waals surface area (Å²) in [5.41, 5.74) is 1.20. The van der Waals surface area contributed by atoms with Crippen molar-refractivity contribution >= 4 is 5.71 Å². The van der Waals surface area contributed by atoms with Crippen LogP contribution in [0.15, 0.2) is 23.3 Å². The van der Waals surface area contributed by atoms with Crippen LogP contribution in [0.5, 0.6) is 11.5 Å². The number of nitrogens with zero attached hydrogens (tertiary/aromatic N) is 1. The largest absolute Gasteiger partial charge is 0.507 e. The van der Waals surface area contributed by atoms with Crippen molar-refractivity contribution in [3.63, 3.8) is 0 Å². The molecule has 13 heavy (non-hydrogen) atoms. The fourth-order valence-corrected chi connectivity index (χ4v) is 1.01. The summed E-state index contributed by atoms with van der Waals surface area (Å²) in [7, 11) is 1.54. The third kappa shape index (κ3) is 1.90. The SMILES string of the molecule is COc1ccc(C(C)=NN)c(O)c1. The van der Waals surface area contributed by atoms with Crippen molar-refractivity contribution in [2.24, 2.45) is 10.9 Å². The lowest BCUT2D eigenvalue weighted by molar-refractivity contribution is 0.407. The van der Waals surface area contributed by atoms with Gasteiger partial charge in [0.2, 0.25) is 0 Å². The highest BCUT2D eigenvalue weighted by molar-refractivity contribution is 6.00. The van der Waals surface area contributed by atoms with Crippen molar-refractivity contribution in [1.29, 1.82) is 0 Å². The Labute approximate surface area is 76.6 Å². The molecule has 0 bridgehead atoms. The Balaban J connectivity index is 3.12. The first-order valence-electron chi connectivity index (χ1n) is 3.81. The van der Waals surface area contributed by atoms with Gasteiger partial charge in [-0.1, -0.05) is 0 Å². The molecule has 0 radical (unpaired) electrons. The summed E-state index contributed by atoms with van der Waals surface area (Å²) in [6.07, 6.45) is 0. The average Bonchev–Trinajstić information content (AvgIpc) is 2.16. The van der Waals surface area contributed by atoms with Crippen molar-refractivity contribution in [2.75, 3.05) is 7.11 Å². The molecule has 0 aromatic heterocycles. The van der Waals surface area contributed by atoms with E-state index in [9.17, 15) is 5.11 Å². The molecule has 1 rings (SSSR count). The minimum Gasteiger partial charge on any atom is -0.507 e. The van der Waals surface area contributed by atoms with Gasteiger partial charge in [-0.05, 0) is 19.1 Å². The van der Waals surface area contributed by atoms with E-state index >= 15 is 0 Å². The van der Waals surface area contributed by atoms with E-state index in [0.29, 0.717) is 17.0 Å². The zero-order valence-electron chi connectivity index (χ0n) is 7.61. The van der Waals surface area contributed by atoms with Gasteiger partial charge in [-0.3, -0.25) is 0 Å². The maximum atomic E-state index is 9.51. The Morgan fingerprint density at radius 2 is 2.23 bits per heavy atom. The molecule has 0 fully saturated rings. The van der Waals surface area contributed by atoms with Crippen molar-refractivity contribution in [1.82, 2.24) is 0 Å². The summed E-state index contributed by atoms with van der Waals surface area (Å²) in [5, 5.41) is 13.0. The van der Waals surface area contributed by atoms with E-state index in [4.69, 9.17) is 10.6 Å². The van der Waals surface area contributed by atoms with Crippen LogP contribution in [0.3, 0.4) is 0 Å². The van der Waals surface area contributed by atoms with E-state index in [1.807, 2.05) is 0 Å². The third-order valence-corrected chi connectivity index (χ3v) is 1.79. The van der Waals surface area contributed by atoms with Crippen molar-refractivity contribution in [3.05, 3.63) is 23.8 Å². The smallest absolute Gasteiger partial charge is 0.128 e. The number of nitrogens with two attached hydrogens (primary N) is 1. The van der Waals surface area contributed by atoms with Crippen molar-refractivity contribution in [2.45, 2.75) is 6.92 Å². The van der Waals surface area contributed by atoms with Gasteiger partial charge in [0.15, 0.2) is 0 Å². The van der Waals surface area contributed by atoms with Gasteiger partial charge in [0.05, 0.1) is 12.8 Å². The second kappa shape index (κ2) is 3.80. The Kier molecular flexibility index (Phi) is 2.74. The molecule has 0 aliphatic heterocycles. The van der Waals surface area contributed by atoms with Crippen LogP contribution >= 0.6 is 0 Å². The normalized spacial score (nSPS) is 11.4. The molecule has 70 valence electrons. The van der Waals surface area contributed by atoms with Crippen LogP contribution in [0.1, 0.15) is 12.5 Å². The third-order valence-electron chi connectivity index (χ3n) is 1.79. The van der Waals surface area contributed by atoms with Crippen LogP contribution in [0.25, 0.3) is 0 Å². The number of rotatable bonds is 2. The van der Waals surface area contributed by atoms with Crippen LogP contribution < -0.4 is 10.6 Å². The van der Waals surface area contributed by atoms with Gasteiger partial charge in [0, 0.05) is 11.6 Å². The molecule has 0 unspecified atom stereocenters. The highest BCUT2D eigenvalue weighted by Gasteiger charge is 2.05. The lowest BCUT2D eigenvalue weighted by Crippen LogP contribution is -1.99. The van der Waals surface area contributed by atoms with Gasteiger partial charge in [-0.25, -0.2) is 0 Å². The zero-order valence-corrected chi connectivity index (χ0v) is 7.61. The Hall–Kier alpha value is -1.71. The molecule has 1 aromatic carbocycles. The summed E-state index contributed by atoms with van der Waals surface area (Å²) in [6.45, 7) is 1.72. The fraction of sp³-hybridized carbons (Fsp3) is 0.222. The first-order valence-corrected chi connectivity index (χ1v) is 3.81. The number of hydrazone groups is 1. The lowest BCUT2D eigenvalue weighted by atomic mass is 10.1.